The third-order valence-corrected chi connectivity index (χ3v) is 3.87. The van der Waals surface area contributed by atoms with E-state index >= 15 is 0 Å². The van der Waals surface area contributed by atoms with Gasteiger partial charge in [0.15, 0.2) is 0 Å². The second-order valence-electron chi connectivity index (χ2n) is 5.39. The van der Waals surface area contributed by atoms with Gasteiger partial charge in [0.2, 0.25) is 0 Å². The summed E-state index contributed by atoms with van der Waals surface area (Å²) in [5.41, 5.74) is 7.04. The van der Waals surface area contributed by atoms with E-state index in [0.29, 0.717) is 6.04 Å². The van der Waals surface area contributed by atoms with Gasteiger partial charge < -0.3 is 16.4 Å². The minimum Gasteiger partial charge on any atom is -0.351 e. The second kappa shape index (κ2) is 6.57. The highest BCUT2D eigenvalue weighted by molar-refractivity contribution is 5.87. The monoisotopic (exact) mass is 261 g/mol. The maximum atomic E-state index is 10.7. The van der Waals surface area contributed by atoms with Gasteiger partial charge in [0.05, 0.1) is 0 Å². The number of amides is 2. The van der Waals surface area contributed by atoms with Gasteiger partial charge in [-0.25, -0.2) is 4.79 Å². The number of carbonyl (C=O) groups is 1. The van der Waals surface area contributed by atoms with E-state index in [1.807, 2.05) is 24.3 Å². The van der Waals surface area contributed by atoms with Crippen molar-refractivity contribution >= 4 is 11.7 Å². The summed E-state index contributed by atoms with van der Waals surface area (Å²) in [7, 11) is 0. The Hall–Kier alpha value is -1.55. The molecule has 104 valence electrons. The van der Waals surface area contributed by atoms with Crippen molar-refractivity contribution in [3.8, 4) is 0 Å². The van der Waals surface area contributed by atoms with Gasteiger partial charge in [0.1, 0.15) is 0 Å². The number of rotatable bonds is 5. The zero-order valence-corrected chi connectivity index (χ0v) is 11.5. The molecule has 1 aliphatic rings. The van der Waals surface area contributed by atoms with Gasteiger partial charge in [-0.1, -0.05) is 25.0 Å². The van der Waals surface area contributed by atoms with Crippen LogP contribution in [0.2, 0.25) is 0 Å². The lowest BCUT2D eigenvalue weighted by molar-refractivity contribution is 0.259. The van der Waals surface area contributed by atoms with Crippen molar-refractivity contribution in [3.05, 3.63) is 29.8 Å². The Morgan fingerprint density at radius 1 is 1.32 bits per heavy atom. The molecule has 0 bridgehead atoms. The third-order valence-electron chi connectivity index (χ3n) is 3.87. The van der Waals surface area contributed by atoms with E-state index in [-0.39, 0.29) is 0 Å². The maximum Gasteiger partial charge on any atom is 0.316 e. The zero-order valence-electron chi connectivity index (χ0n) is 11.5. The van der Waals surface area contributed by atoms with Gasteiger partial charge in [-0.15, -0.1) is 0 Å². The molecule has 2 amide bonds. The second-order valence-corrected chi connectivity index (χ2v) is 5.39. The highest BCUT2D eigenvalue weighted by Gasteiger charge is 2.15. The molecule has 1 atom stereocenters. The van der Waals surface area contributed by atoms with E-state index in [0.717, 1.165) is 18.2 Å². The first-order valence-electron chi connectivity index (χ1n) is 7.05. The molecule has 4 heteroatoms. The van der Waals surface area contributed by atoms with Crippen LogP contribution >= 0.6 is 0 Å². The quantitative estimate of drug-likeness (QED) is 0.762. The van der Waals surface area contributed by atoms with Crippen LogP contribution < -0.4 is 16.4 Å². The number of nitrogens with two attached hydrogens (primary N) is 1. The summed E-state index contributed by atoms with van der Waals surface area (Å²) in [6.45, 7) is 3.27. The van der Waals surface area contributed by atoms with Crippen molar-refractivity contribution < 1.29 is 4.79 Å². The number of hydrogen-bond acceptors (Lipinski definition) is 2. The number of anilines is 1. The van der Waals surface area contributed by atoms with Crippen LogP contribution in [0, 0.1) is 5.92 Å². The van der Waals surface area contributed by atoms with Crippen LogP contribution in [-0.4, -0.2) is 12.6 Å². The van der Waals surface area contributed by atoms with Crippen molar-refractivity contribution in [2.24, 2.45) is 11.7 Å². The molecule has 1 aliphatic carbocycles. The Bertz CT molecular complexity index is 410. The molecule has 0 saturated heterocycles. The molecule has 2 rings (SSSR count). The number of hydrogen-bond donors (Lipinski definition) is 3. The third kappa shape index (κ3) is 4.24. The van der Waals surface area contributed by atoms with Crippen LogP contribution in [0.3, 0.4) is 0 Å². The van der Waals surface area contributed by atoms with Crippen LogP contribution in [0.1, 0.15) is 44.2 Å². The van der Waals surface area contributed by atoms with Crippen LogP contribution in [0.15, 0.2) is 24.3 Å². The molecular weight excluding hydrogens is 238 g/mol. The summed E-state index contributed by atoms with van der Waals surface area (Å²) in [5.74, 6) is 0.846. The van der Waals surface area contributed by atoms with E-state index in [2.05, 4.69) is 17.6 Å². The average molecular weight is 261 g/mol. The van der Waals surface area contributed by atoms with E-state index < -0.39 is 6.03 Å². The van der Waals surface area contributed by atoms with Gasteiger partial charge in [0.25, 0.3) is 0 Å². The summed E-state index contributed by atoms with van der Waals surface area (Å²) in [4.78, 5) is 10.7. The molecule has 4 N–H and O–H groups in total. The number of benzene rings is 1. The Balaban J connectivity index is 1.84. The Morgan fingerprint density at radius 2 is 1.95 bits per heavy atom. The standard InChI is InChI=1S/C15H23N3O/c1-11(17-10-12-4-2-3-5-12)13-6-8-14(9-7-13)18-15(16)19/h6-9,11-12,17H,2-5,10H2,1H3,(H3,16,18,19). The molecule has 0 heterocycles. The highest BCUT2D eigenvalue weighted by atomic mass is 16.2. The number of urea groups is 1. The van der Waals surface area contributed by atoms with Crippen molar-refractivity contribution in [2.45, 2.75) is 38.6 Å². The molecule has 0 spiro atoms. The van der Waals surface area contributed by atoms with Crippen molar-refractivity contribution in [1.82, 2.24) is 5.32 Å². The first kappa shape index (κ1) is 13.9. The SMILES string of the molecule is CC(NCC1CCCC1)c1ccc(NC(N)=O)cc1. The Kier molecular flexibility index (Phi) is 4.80. The molecule has 4 nitrogen and oxygen atoms in total. The van der Waals surface area contributed by atoms with Crippen LogP contribution in [0.4, 0.5) is 10.5 Å². The fourth-order valence-corrected chi connectivity index (χ4v) is 2.67. The van der Waals surface area contributed by atoms with E-state index in [4.69, 9.17) is 5.73 Å². The van der Waals surface area contributed by atoms with Crippen molar-refractivity contribution in [2.75, 3.05) is 11.9 Å². The summed E-state index contributed by atoms with van der Waals surface area (Å²) in [5, 5.41) is 6.16. The van der Waals surface area contributed by atoms with Crippen LogP contribution in [0.5, 0.6) is 0 Å². The van der Waals surface area contributed by atoms with E-state index in [9.17, 15) is 4.79 Å². The van der Waals surface area contributed by atoms with Crippen molar-refractivity contribution in [3.63, 3.8) is 0 Å². The van der Waals surface area contributed by atoms with Gasteiger partial charge in [-0.3, -0.25) is 0 Å². The first-order chi connectivity index (χ1) is 9.15. The van der Waals surface area contributed by atoms with E-state index in [1.165, 1.54) is 31.2 Å². The number of primary amides is 1. The Morgan fingerprint density at radius 3 is 2.53 bits per heavy atom. The lowest BCUT2D eigenvalue weighted by atomic mass is 10.1. The molecule has 1 aromatic carbocycles. The fraction of sp³-hybridized carbons (Fsp3) is 0.533. The lowest BCUT2D eigenvalue weighted by Gasteiger charge is -2.17. The topological polar surface area (TPSA) is 67.2 Å². The fourth-order valence-electron chi connectivity index (χ4n) is 2.67. The first-order valence-corrected chi connectivity index (χ1v) is 7.05. The molecule has 1 unspecified atom stereocenters. The molecule has 1 aromatic rings. The summed E-state index contributed by atoms with van der Waals surface area (Å²) >= 11 is 0. The summed E-state index contributed by atoms with van der Waals surface area (Å²) < 4.78 is 0. The van der Waals surface area contributed by atoms with Gasteiger partial charge in [-0.05, 0) is 49.9 Å². The van der Waals surface area contributed by atoms with Gasteiger partial charge >= 0.3 is 6.03 Å². The normalized spacial score (nSPS) is 17.3. The molecule has 1 fully saturated rings. The van der Waals surface area contributed by atoms with Gasteiger partial charge in [-0.2, -0.15) is 0 Å². The predicted octanol–water partition coefficient (Wildman–Crippen LogP) is 3.02. The summed E-state index contributed by atoms with van der Waals surface area (Å²) in [6.07, 6.45) is 5.49. The molecule has 19 heavy (non-hydrogen) atoms. The predicted molar refractivity (Wildman–Crippen MR) is 78.0 cm³/mol. The number of nitrogens with one attached hydrogen (secondary N) is 2. The largest absolute Gasteiger partial charge is 0.351 e. The average Bonchev–Trinajstić information content (AvgIpc) is 2.89. The van der Waals surface area contributed by atoms with Crippen LogP contribution in [0.25, 0.3) is 0 Å². The lowest BCUT2D eigenvalue weighted by Crippen LogP contribution is -2.24. The summed E-state index contributed by atoms with van der Waals surface area (Å²) in [6, 6.07) is 7.63. The molecule has 0 aliphatic heterocycles. The number of carbonyl (C=O) groups excluding carboxylic acids is 1. The highest BCUT2D eigenvalue weighted by Crippen LogP contribution is 2.25. The van der Waals surface area contributed by atoms with E-state index in [1.54, 1.807) is 0 Å². The molecular formula is C15H23N3O. The zero-order chi connectivity index (χ0) is 13.7. The smallest absolute Gasteiger partial charge is 0.316 e. The van der Waals surface area contributed by atoms with Crippen molar-refractivity contribution in [1.29, 1.82) is 0 Å². The minimum atomic E-state index is -0.528. The Labute approximate surface area is 114 Å². The van der Waals surface area contributed by atoms with Gasteiger partial charge in [0, 0.05) is 11.7 Å². The minimum absolute atomic E-state index is 0.336. The van der Waals surface area contributed by atoms with Crippen LogP contribution in [-0.2, 0) is 0 Å². The maximum absolute atomic E-state index is 10.7. The molecule has 1 saturated carbocycles. The molecule has 0 radical (unpaired) electrons. The molecule has 0 aromatic heterocycles.